The van der Waals surface area contributed by atoms with Gasteiger partial charge in [-0.05, 0) is 46.9 Å². The molecule has 0 saturated carbocycles. The van der Waals surface area contributed by atoms with Gasteiger partial charge < -0.3 is 29.2 Å². The molecule has 1 aliphatic heterocycles. The third-order valence-corrected chi connectivity index (χ3v) is 8.70. The first kappa shape index (κ1) is 32.1. The number of esters is 1. The van der Waals surface area contributed by atoms with E-state index in [0.717, 1.165) is 44.4 Å². The lowest BCUT2D eigenvalue weighted by Crippen LogP contribution is -2.39. The summed E-state index contributed by atoms with van der Waals surface area (Å²) in [7, 11) is 0. The molecule has 5 atom stereocenters. The van der Waals surface area contributed by atoms with Crippen LogP contribution >= 0.6 is 0 Å². The Kier molecular flexibility index (Phi) is 9.77. The number of hydrogen-bond donors (Lipinski definition) is 2. The van der Waals surface area contributed by atoms with Crippen LogP contribution in [0.2, 0.25) is 0 Å². The van der Waals surface area contributed by atoms with Crippen LogP contribution in [0, 0.1) is 5.92 Å². The maximum Gasteiger partial charge on any atom is 0.303 e. The van der Waals surface area contributed by atoms with Gasteiger partial charge in [-0.1, -0.05) is 91.9 Å². The van der Waals surface area contributed by atoms with E-state index in [9.17, 15) is 14.7 Å². The molecule has 6 rings (SSSR count). The van der Waals surface area contributed by atoms with E-state index in [2.05, 4.69) is 27.9 Å². The number of aromatic nitrogens is 2. The van der Waals surface area contributed by atoms with Crippen molar-refractivity contribution in [1.29, 1.82) is 0 Å². The number of benzene rings is 4. The van der Waals surface area contributed by atoms with E-state index in [0.29, 0.717) is 6.54 Å². The summed E-state index contributed by atoms with van der Waals surface area (Å²) < 4.78 is 20.5. The fraction of sp³-hybridized carbons (Fsp3) is 0.289. The fourth-order valence-electron chi connectivity index (χ4n) is 6.08. The minimum Gasteiger partial charge on any atom is -0.453 e. The topological polar surface area (TPSA) is 112 Å². The molecule has 9 nitrogen and oxygen atoms in total. The first-order valence-electron chi connectivity index (χ1n) is 15.8. The molecule has 0 spiro atoms. The highest BCUT2D eigenvalue weighted by Gasteiger charge is 2.38. The van der Waals surface area contributed by atoms with E-state index in [1.54, 1.807) is 6.92 Å². The molecule has 1 aromatic heterocycles. The molecule has 1 fully saturated rings. The summed E-state index contributed by atoms with van der Waals surface area (Å²) in [5, 5.41) is 12.5. The Labute approximate surface area is 274 Å². The summed E-state index contributed by atoms with van der Waals surface area (Å²) in [6, 6.07) is 31.9. The van der Waals surface area contributed by atoms with Gasteiger partial charge >= 0.3 is 5.97 Å². The Hall–Kier alpha value is -4.83. The highest BCUT2D eigenvalue weighted by Crippen LogP contribution is 2.42. The number of carbonyl (C=O) groups is 2. The number of hydrogen-bond acceptors (Lipinski definition) is 7. The smallest absolute Gasteiger partial charge is 0.303 e. The van der Waals surface area contributed by atoms with Gasteiger partial charge in [0.15, 0.2) is 12.4 Å². The lowest BCUT2D eigenvalue weighted by Gasteiger charge is -2.41. The number of aliphatic hydroxyl groups is 1. The van der Waals surface area contributed by atoms with Crippen molar-refractivity contribution in [1.82, 2.24) is 14.9 Å². The zero-order valence-electron chi connectivity index (χ0n) is 26.7. The number of imidazole rings is 1. The monoisotopic (exact) mass is 633 g/mol. The van der Waals surface area contributed by atoms with Gasteiger partial charge in [-0.2, -0.15) is 0 Å². The lowest BCUT2D eigenvalue weighted by atomic mass is 9.90. The summed E-state index contributed by atoms with van der Waals surface area (Å²) in [6.45, 7) is 5.86. The third kappa shape index (κ3) is 7.28. The van der Waals surface area contributed by atoms with Gasteiger partial charge in [0.2, 0.25) is 0 Å². The number of fused-ring (bicyclic) bond motifs is 1. The number of aliphatic hydroxyl groups excluding tert-OH is 1. The predicted molar refractivity (Wildman–Crippen MR) is 178 cm³/mol. The molecule has 2 heterocycles. The van der Waals surface area contributed by atoms with Gasteiger partial charge in [0.25, 0.3) is 5.91 Å². The largest absolute Gasteiger partial charge is 0.453 e. The molecular formula is C38H39N3O6. The second-order valence-electron chi connectivity index (χ2n) is 12.0. The number of carbonyl (C=O) groups excluding carboxylic acids is 2. The molecule has 2 N–H and O–H groups in total. The van der Waals surface area contributed by atoms with E-state index in [1.807, 2.05) is 97.3 Å². The number of nitrogens with one attached hydrogen (secondary N) is 1. The van der Waals surface area contributed by atoms with E-state index < -0.39 is 18.4 Å². The minimum atomic E-state index is -0.870. The Bertz CT molecular complexity index is 1830. The van der Waals surface area contributed by atoms with Crippen LogP contribution in [0.4, 0.5) is 0 Å². The zero-order chi connectivity index (χ0) is 32.9. The molecule has 1 aliphatic rings. The molecule has 0 bridgehead atoms. The number of ether oxygens (including phenoxy) is 3. The molecule has 0 radical (unpaired) electrons. The van der Waals surface area contributed by atoms with Crippen LogP contribution in [0.3, 0.4) is 0 Å². The number of nitrogens with zero attached hydrogens (tertiary/aromatic N) is 2. The van der Waals surface area contributed by atoms with Gasteiger partial charge in [-0.25, -0.2) is 4.98 Å². The van der Waals surface area contributed by atoms with Crippen molar-refractivity contribution in [2.45, 2.75) is 65.1 Å². The van der Waals surface area contributed by atoms with E-state index in [-0.39, 0.29) is 37.2 Å². The van der Waals surface area contributed by atoms with Gasteiger partial charge in [0, 0.05) is 24.9 Å². The first-order chi connectivity index (χ1) is 22.8. The molecule has 9 heteroatoms. The van der Waals surface area contributed by atoms with Crippen molar-refractivity contribution in [3.05, 3.63) is 126 Å². The van der Waals surface area contributed by atoms with Crippen LogP contribution in [-0.2, 0) is 43.5 Å². The SMILES string of the molecule is CC(=O)O[C@@H](C)C(=O)NCc1ccccc1-c1ccc([C@@H]2O[C@H](Cn3cnc4ccccc43)[C@H](C)[C@H](c3ccc(CO)cc3)O2)cc1. The van der Waals surface area contributed by atoms with Crippen LogP contribution in [-0.4, -0.2) is 38.7 Å². The molecule has 4 aromatic carbocycles. The van der Waals surface area contributed by atoms with Crippen LogP contribution < -0.4 is 5.32 Å². The first-order valence-corrected chi connectivity index (χ1v) is 15.8. The third-order valence-electron chi connectivity index (χ3n) is 8.70. The highest BCUT2D eigenvalue weighted by atomic mass is 16.7. The summed E-state index contributed by atoms with van der Waals surface area (Å²) in [6.07, 6.45) is -0.0289. The van der Waals surface area contributed by atoms with Gasteiger partial charge in [0.1, 0.15) is 0 Å². The molecule has 242 valence electrons. The van der Waals surface area contributed by atoms with Gasteiger partial charge in [0.05, 0.1) is 42.7 Å². The van der Waals surface area contributed by atoms with E-state index in [4.69, 9.17) is 14.2 Å². The van der Waals surface area contributed by atoms with Crippen LogP contribution in [0.5, 0.6) is 0 Å². The molecule has 47 heavy (non-hydrogen) atoms. The molecule has 1 amide bonds. The predicted octanol–water partition coefficient (Wildman–Crippen LogP) is 6.26. The van der Waals surface area contributed by atoms with Crippen LogP contribution in [0.25, 0.3) is 22.2 Å². The highest BCUT2D eigenvalue weighted by molar-refractivity contribution is 5.83. The molecule has 1 saturated heterocycles. The minimum absolute atomic E-state index is 0.0152. The summed E-state index contributed by atoms with van der Waals surface area (Å²) in [4.78, 5) is 28.3. The summed E-state index contributed by atoms with van der Waals surface area (Å²) in [5.74, 6) is -0.830. The number of rotatable bonds is 10. The van der Waals surface area contributed by atoms with Crippen molar-refractivity contribution < 1.29 is 28.9 Å². The average molecular weight is 634 g/mol. The number of para-hydroxylation sites is 2. The normalized spacial score (nSPS) is 20.1. The van der Waals surface area contributed by atoms with Crippen molar-refractivity contribution >= 4 is 22.9 Å². The lowest BCUT2D eigenvalue weighted by molar-refractivity contribution is -0.276. The molecule has 0 unspecified atom stereocenters. The molecule has 5 aromatic rings. The standard InChI is InChI=1S/C38H39N3O6/c1-24-35(21-41-23-40-33-10-6-7-11-34(33)41)46-38(47-36(24)29-14-12-27(22-42)13-15-29)30-18-16-28(17-19-30)32-9-5-4-8-31(32)20-39-37(44)25(2)45-26(3)43/h4-19,23-25,35-36,38,42H,20-22H2,1-3H3,(H,39,44)/t24-,25-,35+,36+,38+/m0/s1. The fourth-order valence-corrected chi connectivity index (χ4v) is 6.08. The van der Waals surface area contributed by atoms with Crippen LogP contribution in [0.1, 0.15) is 55.4 Å². The van der Waals surface area contributed by atoms with Crippen LogP contribution in [0.15, 0.2) is 103 Å². The summed E-state index contributed by atoms with van der Waals surface area (Å²) >= 11 is 0. The second kappa shape index (κ2) is 14.3. The van der Waals surface area contributed by atoms with Gasteiger partial charge in [-0.15, -0.1) is 0 Å². The summed E-state index contributed by atoms with van der Waals surface area (Å²) in [5.41, 5.74) is 7.64. The molecular weight excluding hydrogens is 594 g/mol. The van der Waals surface area contributed by atoms with Gasteiger partial charge in [-0.3, -0.25) is 9.59 Å². The van der Waals surface area contributed by atoms with Crippen molar-refractivity contribution in [3.8, 4) is 11.1 Å². The Morgan fingerprint density at radius 1 is 0.936 bits per heavy atom. The Morgan fingerprint density at radius 3 is 2.38 bits per heavy atom. The maximum atomic E-state index is 12.5. The van der Waals surface area contributed by atoms with E-state index in [1.165, 1.54) is 6.92 Å². The Balaban J connectivity index is 1.24. The second-order valence-corrected chi connectivity index (χ2v) is 12.0. The average Bonchev–Trinajstić information content (AvgIpc) is 3.50. The van der Waals surface area contributed by atoms with Crippen molar-refractivity contribution in [3.63, 3.8) is 0 Å². The van der Waals surface area contributed by atoms with Crippen molar-refractivity contribution in [2.24, 2.45) is 5.92 Å². The quantitative estimate of drug-likeness (QED) is 0.175. The number of amides is 1. The van der Waals surface area contributed by atoms with Crippen molar-refractivity contribution in [2.75, 3.05) is 0 Å². The Morgan fingerprint density at radius 2 is 1.64 bits per heavy atom. The van der Waals surface area contributed by atoms with E-state index >= 15 is 0 Å². The maximum absolute atomic E-state index is 12.5. The molecule has 0 aliphatic carbocycles. The zero-order valence-corrected chi connectivity index (χ0v) is 26.7.